The molecule has 0 aliphatic heterocycles. The van der Waals surface area contributed by atoms with Crippen molar-refractivity contribution < 1.29 is 17.6 Å². The zero-order valence-electron chi connectivity index (χ0n) is 18.7. The predicted molar refractivity (Wildman–Crippen MR) is 127 cm³/mol. The van der Waals surface area contributed by atoms with Crippen molar-refractivity contribution in [2.45, 2.75) is 64.5 Å². The summed E-state index contributed by atoms with van der Waals surface area (Å²) in [6, 6.07) is 8.78. The molecule has 0 radical (unpaired) electrons. The van der Waals surface area contributed by atoms with E-state index in [4.69, 9.17) is 11.6 Å². The van der Waals surface area contributed by atoms with Crippen LogP contribution in [0, 0.1) is 5.82 Å². The van der Waals surface area contributed by atoms with E-state index in [1.807, 2.05) is 13.0 Å². The van der Waals surface area contributed by atoms with Crippen molar-refractivity contribution in [2.75, 3.05) is 10.6 Å². The van der Waals surface area contributed by atoms with E-state index in [1.54, 1.807) is 6.92 Å². The number of halogens is 2. The fourth-order valence-electron chi connectivity index (χ4n) is 4.34. The molecule has 174 valence electrons. The zero-order chi connectivity index (χ0) is 23.5. The topological polar surface area (TPSA) is 66.5 Å². The Bertz CT molecular complexity index is 1090. The van der Waals surface area contributed by atoms with Gasteiger partial charge in [-0.05, 0) is 73.4 Å². The van der Waals surface area contributed by atoms with E-state index in [-0.39, 0.29) is 23.2 Å². The summed E-state index contributed by atoms with van der Waals surface area (Å²) in [4.78, 5) is 13.3. The van der Waals surface area contributed by atoms with Gasteiger partial charge in [0.05, 0.1) is 23.0 Å². The van der Waals surface area contributed by atoms with Crippen molar-refractivity contribution in [3.05, 3.63) is 63.9 Å². The summed E-state index contributed by atoms with van der Waals surface area (Å²) in [6.07, 6.45) is 6.44. The van der Waals surface area contributed by atoms with Gasteiger partial charge in [0.1, 0.15) is 11.9 Å². The number of amides is 1. The highest BCUT2D eigenvalue weighted by atomic mass is 35.5. The minimum absolute atomic E-state index is 0.155. The van der Waals surface area contributed by atoms with Crippen LogP contribution in [0.2, 0.25) is 5.02 Å². The van der Waals surface area contributed by atoms with Gasteiger partial charge < -0.3 is 5.32 Å². The van der Waals surface area contributed by atoms with Crippen LogP contribution < -0.4 is 9.62 Å². The maximum atomic E-state index is 13.6. The molecule has 2 aromatic carbocycles. The van der Waals surface area contributed by atoms with Crippen LogP contribution in [0.5, 0.6) is 0 Å². The molecule has 32 heavy (non-hydrogen) atoms. The molecule has 0 aromatic heterocycles. The van der Waals surface area contributed by atoms with Crippen LogP contribution in [-0.4, -0.2) is 26.6 Å². The molecule has 0 saturated carbocycles. The van der Waals surface area contributed by atoms with Crippen molar-refractivity contribution in [3.63, 3.8) is 0 Å². The second-order valence-corrected chi connectivity index (χ2v) is 10.6. The molecule has 0 fully saturated rings. The SMILES string of the molecule is CC[C@@H](NC(=O)[C@H](CC)N(c1ccc(F)c(Cl)c1)S(C)(=O)=O)c1ccc2c(c1)CCCC2. The summed E-state index contributed by atoms with van der Waals surface area (Å²) < 4.78 is 39.9. The number of hydrogen-bond donors (Lipinski definition) is 1. The first-order valence-corrected chi connectivity index (χ1v) is 13.2. The Hall–Kier alpha value is -2.12. The Morgan fingerprint density at radius 2 is 1.78 bits per heavy atom. The van der Waals surface area contributed by atoms with Gasteiger partial charge in [-0.15, -0.1) is 0 Å². The maximum absolute atomic E-state index is 13.6. The lowest BCUT2D eigenvalue weighted by Gasteiger charge is -2.31. The Labute approximate surface area is 195 Å². The predicted octanol–water partition coefficient (Wildman–Crippen LogP) is 5.17. The van der Waals surface area contributed by atoms with E-state index in [0.717, 1.165) is 35.0 Å². The van der Waals surface area contributed by atoms with E-state index < -0.39 is 27.8 Å². The summed E-state index contributed by atoms with van der Waals surface area (Å²) in [5, 5.41) is 2.84. The normalized spacial score (nSPS) is 15.5. The van der Waals surface area contributed by atoms with Gasteiger partial charge in [0.25, 0.3) is 0 Å². The third-order valence-electron chi connectivity index (χ3n) is 5.99. The number of fused-ring (bicyclic) bond motifs is 1. The fraction of sp³-hybridized carbons (Fsp3) is 0.458. The standard InChI is InChI=1S/C24H30ClFN2O3S/c1-4-22(18-11-10-16-8-6-7-9-17(16)14-18)27-24(29)23(5-2)28(32(3,30)31)19-12-13-21(26)20(25)15-19/h10-15,22-23H,4-9H2,1-3H3,(H,27,29)/t22-,23+/m1/s1. The molecular formula is C24H30ClFN2O3S. The van der Waals surface area contributed by atoms with Gasteiger partial charge >= 0.3 is 0 Å². The first-order valence-electron chi connectivity index (χ1n) is 11.0. The van der Waals surface area contributed by atoms with Gasteiger partial charge in [0.2, 0.25) is 15.9 Å². The van der Waals surface area contributed by atoms with E-state index >= 15 is 0 Å². The quantitative estimate of drug-likeness (QED) is 0.566. The van der Waals surface area contributed by atoms with Crippen LogP contribution in [0.25, 0.3) is 0 Å². The van der Waals surface area contributed by atoms with Gasteiger partial charge in [0.15, 0.2) is 0 Å². The number of carbonyl (C=O) groups is 1. The van der Waals surface area contributed by atoms with E-state index in [2.05, 4.69) is 17.4 Å². The summed E-state index contributed by atoms with van der Waals surface area (Å²) in [7, 11) is -3.83. The summed E-state index contributed by atoms with van der Waals surface area (Å²) in [5.74, 6) is -1.05. The Morgan fingerprint density at radius 3 is 2.38 bits per heavy atom. The maximum Gasteiger partial charge on any atom is 0.244 e. The average Bonchev–Trinajstić information content (AvgIpc) is 2.76. The molecule has 2 aromatic rings. The van der Waals surface area contributed by atoms with Gasteiger partial charge in [-0.3, -0.25) is 9.10 Å². The molecule has 2 atom stereocenters. The number of nitrogens with zero attached hydrogens (tertiary/aromatic N) is 1. The van der Waals surface area contributed by atoms with E-state index in [0.29, 0.717) is 6.42 Å². The molecule has 8 heteroatoms. The zero-order valence-corrected chi connectivity index (χ0v) is 20.3. The molecular weight excluding hydrogens is 451 g/mol. The molecule has 3 rings (SSSR count). The molecule has 5 nitrogen and oxygen atoms in total. The number of carbonyl (C=O) groups excluding carboxylic acids is 1. The molecule has 0 heterocycles. The number of nitrogens with one attached hydrogen (secondary N) is 1. The van der Waals surface area contributed by atoms with Crippen LogP contribution in [-0.2, 0) is 27.7 Å². The molecule has 1 N–H and O–H groups in total. The van der Waals surface area contributed by atoms with Gasteiger partial charge in [-0.2, -0.15) is 0 Å². The van der Waals surface area contributed by atoms with Crippen LogP contribution in [0.3, 0.4) is 0 Å². The Morgan fingerprint density at radius 1 is 1.09 bits per heavy atom. The molecule has 0 saturated heterocycles. The lowest BCUT2D eigenvalue weighted by atomic mass is 9.88. The summed E-state index contributed by atoms with van der Waals surface area (Å²) in [6.45, 7) is 3.73. The average molecular weight is 481 g/mol. The molecule has 1 aliphatic rings. The molecule has 0 spiro atoms. The van der Waals surface area contributed by atoms with Crippen LogP contribution in [0.4, 0.5) is 10.1 Å². The fourth-order valence-corrected chi connectivity index (χ4v) is 5.72. The van der Waals surface area contributed by atoms with Crippen LogP contribution >= 0.6 is 11.6 Å². The molecule has 1 aliphatic carbocycles. The monoisotopic (exact) mass is 480 g/mol. The minimum atomic E-state index is -3.83. The van der Waals surface area contributed by atoms with Gasteiger partial charge in [0, 0.05) is 0 Å². The summed E-state index contributed by atoms with van der Waals surface area (Å²) in [5.41, 5.74) is 3.87. The second-order valence-electron chi connectivity index (χ2n) is 8.29. The largest absolute Gasteiger partial charge is 0.347 e. The lowest BCUT2D eigenvalue weighted by Crippen LogP contribution is -2.50. The van der Waals surface area contributed by atoms with Crippen molar-refractivity contribution in [2.24, 2.45) is 0 Å². The van der Waals surface area contributed by atoms with Crippen LogP contribution in [0.15, 0.2) is 36.4 Å². The Kier molecular flexibility index (Phi) is 7.83. The third kappa shape index (κ3) is 5.44. The smallest absolute Gasteiger partial charge is 0.244 e. The number of rotatable bonds is 8. The van der Waals surface area contributed by atoms with Crippen molar-refractivity contribution in [1.82, 2.24) is 5.32 Å². The van der Waals surface area contributed by atoms with Gasteiger partial charge in [-0.1, -0.05) is 43.6 Å². The molecule has 0 bridgehead atoms. The van der Waals surface area contributed by atoms with Crippen LogP contribution in [0.1, 0.15) is 62.3 Å². The highest BCUT2D eigenvalue weighted by Gasteiger charge is 2.33. The minimum Gasteiger partial charge on any atom is -0.347 e. The van der Waals surface area contributed by atoms with Gasteiger partial charge in [-0.25, -0.2) is 12.8 Å². The van der Waals surface area contributed by atoms with Crippen molar-refractivity contribution >= 4 is 33.2 Å². The van der Waals surface area contributed by atoms with E-state index in [9.17, 15) is 17.6 Å². The highest BCUT2D eigenvalue weighted by Crippen LogP contribution is 2.29. The lowest BCUT2D eigenvalue weighted by molar-refractivity contribution is -0.123. The number of sulfonamides is 1. The number of hydrogen-bond acceptors (Lipinski definition) is 3. The van der Waals surface area contributed by atoms with Crippen molar-refractivity contribution in [3.8, 4) is 0 Å². The number of anilines is 1. The second kappa shape index (κ2) is 10.2. The Balaban J connectivity index is 1.89. The summed E-state index contributed by atoms with van der Waals surface area (Å²) >= 11 is 5.88. The molecule has 1 amide bonds. The molecule has 0 unspecified atom stereocenters. The van der Waals surface area contributed by atoms with E-state index in [1.165, 1.54) is 36.1 Å². The number of benzene rings is 2. The first-order chi connectivity index (χ1) is 15.2. The first kappa shape index (κ1) is 24.5. The van der Waals surface area contributed by atoms with Crippen molar-refractivity contribution in [1.29, 1.82) is 0 Å². The highest BCUT2D eigenvalue weighted by molar-refractivity contribution is 7.92. The number of aryl methyl sites for hydroxylation is 2. The third-order valence-corrected chi connectivity index (χ3v) is 7.46.